The lowest BCUT2D eigenvalue weighted by atomic mass is 9.85. The molecule has 0 fully saturated rings. The van der Waals surface area contributed by atoms with Crippen LogP contribution in [0.4, 0.5) is 0 Å². The zero-order valence-corrected chi connectivity index (χ0v) is 10.7. The molecule has 90 valence electrons. The van der Waals surface area contributed by atoms with Gasteiger partial charge in [-0.15, -0.1) is 0 Å². The Morgan fingerprint density at radius 2 is 1.69 bits per heavy atom. The third-order valence-electron chi connectivity index (χ3n) is 2.61. The van der Waals surface area contributed by atoms with Crippen molar-refractivity contribution >= 4 is 0 Å². The molecule has 0 aliphatic rings. The molecule has 0 radical (unpaired) electrons. The van der Waals surface area contributed by atoms with E-state index in [9.17, 15) is 0 Å². The van der Waals surface area contributed by atoms with Crippen LogP contribution in [0, 0.1) is 0 Å². The van der Waals surface area contributed by atoms with Crippen molar-refractivity contribution in [2.24, 2.45) is 5.73 Å². The van der Waals surface area contributed by atoms with Crippen LogP contribution in [0.1, 0.15) is 33.3 Å². The number of hydrogen-bond donors (Lipinski definition) is 2. The fraction of sp³-hybridized carbons (Fsp3) is 0.615. The first-order valence-corrected chi connectivity index (χ1v) is 5.71. The summed E-state index contributed by atoms with van der Waals surface area (Å²) in [5, 5.41) is 3.42. The predicted molar refractivity (Wildman–Crippen MR) is 68.4 cm³/mol. The molecule has 0 aliphatic carbocycles. The van der Waals surface area contributed by atoms with Gasteiger partial charge in [0, 0.05) is 36.4 Å². The summed E-state index contributed by atoms with van der Waals surface area (Å²) in [6.07, 6.45) is 3.67. The topological polar surface area (TPSA) is 50.9 Å². The van der Waals surface area contributed by atoms with Crippen LogP contribution in [0.15, 0.2) is 24.5 Å². The Labute approximate surface area is 98.5 Å². The standard InChI is InChI=1S/C13H23N3/c1-12(2,9-16-10-13(3,4)14)11-5-7-15-8-6-11/h5-8,16H,9-10,14H2,1-4H3. The zero-order valence-electron chi connectivity index (χ0n) is 10.7. The summed E-state index contributed by atoms with van der Waals surface area (Å²) in [7, 11) is 0. The van der Waals surface area contributed by atoms with Gasteiger partial charge in [-0.25, -0.2) is 0 Å². The van der Waals surface area contributed by atoms with E-state index >= 15 is 0 Å². The molecule has 3 N–H and O–H groups in total. The molecule has 0 aliphatic heterocycles. The van der Waals surface area contributed by atoms with Gasteiger partial charge in [-0.2, -0.15) is 0 Å². The largest absolute Gasteiger partial charge is 0.324 e. The Hall–Kier alpha value is -0.930. The third-order valence-corrected chi connectivity index (χ3v) is 2.61. The number of pyridine rings is 1. The Bertz CT molecular complexity index is 312. The molecule has 1 aromatic heterocycles. The van der Waals surface area contributed by atoms with Crippen LogP contribution >= 0.6 is 0 Å². The molecular formula is C13H23N3. The lowest BCUT2D eigenvalue weighted by Crippen LogP contribution is -2.46. The first kappa shape index (κ1) is 13.1. The first-order valence-electron chi connectivity index (χ1n) is 5.71. The second kappa shape index (κ2) is 4.93. The van der Waals surface area contributed by atoms with Gasteiger partial charge in [0.25, 0.3) is 0 Å². The van der Waals surface area contributed by atoms with Gasteiger partial charge in [0.2, 0.25) is 0 Å². The fourth-order valence-electron chi connectivity index (χ4n) is 1.60. The summed E-state index contributed by atoms with van der Waals surface area (Å²) in [6, 6.07) is 4.13. The molecule has 0 aromatic carbocycles. The highest BCUT2D eigenvalue weighted by molar-refractivity contribution is 5.20. The van der Waals surface area contributed by atoms with Crippen molar-refractivity contribution in [1.82, 2.24) is 10.3 Å². The SMILES string of the molecule is CC(C)(N)CNCC(C)(C)c1ccncc1. The summed E-state index contributed by atoms with van der Waals surface area (Å²) in [5.41, 5.74) is 7.17. The summed E-state index contributed by atoms with van der Waals surface area (Å²) < 4.78 is 0. The molecule has 1 aromatic rings. The number of hydrogen-bond acceptors (Lipinski definition) is 3. The summed E-state index contributed by atoms with van der Waals surface area (Å²) in [6.45, 7) is 10.2. The van der Waals surface area contributed by atoms with Crippen LogP contribution in [-0.2, 0) is 5.41 Å². The molecule has 16 heavy (non-hydrogen) atoms. The van der Waals surface area contributed by atoms with E-state index in [-0.39, 0.29) is 11.0 Å². The Morgan fingerprint density at radius 1 is 1.12 bits per heavy atom. The molecule has 0 amide bonds. The summed E-state index contributed by atoms with van der Waals surface area (Å²) >= 11 is 0. The van der Waals surface area contributed by atoms with Crippen LogP contribution < -0.4 is 11.1 Å². The van der Waals surface area contributed by atoms with Gasteiger partial charge in [0.15, 0.2) is 0 Å². The van der Waals surface area contributed by atoms with Crippen LogP contribution in [0.5, 0.6) is 0 Å². The van der Waals surface area contributed by atoms with Gasteiger partial charge in [-0.1, -0.05) is 13.8 Å². The van der Waals surface area contributed by atoms with E-state index in [1.165, 1.54) is 5.56 Å². The maximum absolute atomic E-state index is 5.93. The van der Waals surface area contributed by atoms with Crippen molar-refractivity contribution in [3.63, 3.8) is 0 Å². The van der Waals surface area contributed by atoms with E-state index in [0.717, 1.165) is 13.1 Å². The van der Waals surface area contributed by atoms with E-state index in [4.69, 9.17) is 5.73 Å². The van der Waals surface area contributed by atoms with Crippen LogP contribution in [-0.4, -0.2) is 23.6 Å². The summed E-state index contributed by atoms with van der Waals surface area (Å²) in [4.78, 5) is 4.04. The number of nitrogens with zero attached hydrogens (tertiary/aromatic N) is 1. The van der Waals surface area contributed by atoms with Gasteiger partial charge in [-0.05, 0) is 31.5 Å². The Kier molecular flexibility index (Phi) is 4.05. The Balaban J connectivity index is 2.53. The molecule has 1 rings (SSSR count). The molecule has 0 unspecified atom stereocenters. The zero-order chi connectivity index (χ0) is 12.2. The fourth-order valence-corrected chi connectivity index (χ4v) is 1.60. The average Bonchev–Trinajstić information content (AvgIpc) is 2.17. The maximum atomic E-state index is 5.93. The minimum absolute atomic E-state index is 0.105. The molecule has 0 saturated carbocycles. The minimum Gasteiger partial charge on any atom is -0.324 e. The van der Waals surface area contributed by atoms with Crippen LogP contribution in [0.2, 0.25) is 0 Å². The van der Waals surface area contributed by atoms with Gasteiger partial charge >= 0.3 is 0 Å². The van der Waals surface area contributed by atoms with E-state index < -0.39 is 0 Å². The van der Waals surface area contributed by atoms with E-state index in [0.29, 0.717) is 0 Å². The van der Waals surface area contributed by atoms with Crippen molar-refractivity contribution in [1.29, 1.82) is 0 Å². The number of nitrogens with one attached hydrogen (secondary N) is 1. The molecule has 0 bridgehead atoms. The van der Waals surface area contributed by atoms with Crippen molar-refractivity contribution in [2.45, 2.75) is 38.6 Å². The monoisotopic (exact) mass is 221 g/mol. The second-order valence-electron chi connectivity index (χ2n) is 5.71. The molecule has 3 nitrogen and oxygen atoms in total. The quantitative estimate of drug-likeness (QED) is 0.795. The molecule has 0 spiro atoms. The van der Waals surface area contributed by atoms with Gasteiger partial charge in [0.1, 0.15) is 0 Å². The van der Waals surface area contributed by atoms with Crippen molar-refractivity contribution in [2.75, 3.05) is 13.1 Å². The molecule has 0 saturated heterocycles. The highest BCUT2D eigenvalue weighted by Crippen LogP contribution is 2.21. The maximum Gasteiger partial charge on any atom is 0.0270 e. The lowest BCUT2D eigenvalue weighted by Gasteiger charge is -2.28. The van der Waals surface area contributed by atoms with Crippen molar-refractivity contribution < 1.29 is 0 Å². The second-order valence-corrected chi connectivity index (χ2v) is 5.71. The van der Waals surface area contributed by atoms with E-state index in [2.05, 4.69) is 36.3 Å². The predicted octanol–water partition coefficient (Wildman–Crippen LogP) is 1.69. The smallest absolute Gasteiger partial charge is 0.0270 e. The lowest BCUT2D eigenvalue weighted by molar-refractivity contribution is 0.411. The van der Waals surface area contributed by atoms with Gasteiger partial charge in [-0.3, -0.25) is 4.98 Å². The highest BCUT2D eigenvalue weighted by atomic mass is 14.9. The third kappa shape index (κ3) is 4.29. The first-order chi connectivity index (χ1) is 7.31. The normalized spacial score (nSPS) is 12.8. The molecule has 0 atom stereocenters. The van der Waals surface area contributed by atoms with E-state index in [1.54, 1.807) is 0 Å². The molecule has 3 heteroatoms. The number of rotatable bonds is 5. The average molecular weight is 221 g/mol. The summed E-state index contributed by atoms with van der Waals surface area (Å²) in [5.74, 6) is 0. The molecular weight excluding hydrogens is 198 g/mol. The number of aromatic nitrogens is 1. The van der Waals surface area contributed by atoms with Gasteiger partial charge in [0.05, 0.1) is 0 Å². The van der Waals surface area contributed by atoms with Crippen molar-refractivity contribution in [3.8, 4) is 0 Å². The van der Waals surface area contributed by atoms with E-state index in [1.807, 2.05) is 26.2 Å². The highest BCUT2D eigenvalue weighted by Gasteiger charge is 2.21. The number of nitrogens with two attached hydrogens (primary N) is 1. The van der Waals surface area contributed by atoms with Crippen molar-refractivity contribution in [3.05, 3.63) is 30.1 Å². The molecule has 1 heterocycles. The Morgan fingerprint density at radius 3 is 2.19 bits per heavy atom. The van der Waals surface area contributed by atoms with Crippen LogP contribution in [0.25, 0.3) is 0 Å². The minimum atomic E-state index is -0.158. The van der Waals surface area contributed by atoms with Gasteiger partial charge < -0.3 is 11.1 Å². The van der Waals surface area contributed by atoms with Crippen LogP contribution in [0.3, 0.4) is 0 Å².